The Bertz CT molecular complexity index is 758. The Morgan fingerprint density at radius 3 is 3.00 bits per heavy atom. The highest BCUT2D eigenvalue weighted by atomic mass is 32.1. The highest BCUT2D eigenvalue weighted by Gasteiger charge is 2.03. The number of nitrogens with one attached hydrogen (secondary N) is 1. The summed E-state index contributed by atoms with van der Waals surface area (Å²) in [5.74, 6) is 5.37. The second-order valence-corrected chi connectivity index (χ2v) is 4.96. The largest absolute Gasteiger partial charge is 0.384 e. The molecule has 2 rings (SSSR count). The molecule has 0 atom stereocenters. The number of thiophene rings is 1. The molecule has 2 aromatic heterocycles. The lowest BCUT2D eigenvalue weighted by molar-refractivity contribution is 0.350. The van der Waals surface area contributed by atoms with E-state index in [2.05, 4.69) is 16.8 Å². The summed E-state index contributed by atoms with van der Waals surface area (Å²) in [6.45, 7) is 1.87. The van der Waals surface area contributed by atoms with Gasteiger partial charge in [-0.3, -0.25) is 14.3 Å². The maximum atomic E-state index is 11.6. The Morgan fingerprint density at radius 1 is 1.47 bits per heavy atom. The van der Waals surface area contributed by atoms with E-state index in [0.29, 0.717) is 12.1 Å². The molecular weight excluding hydrogens is 264 g/mol. The van der Waals surface area contributed by atoms with E-state index in [0.717, 1.165) is 10.4 Å². The van der Waals surface area contributed by atoms with Gasteiger partial charge >= 0.3 is 5.69 Å². The lowest BCUT2D eigenvalue weighted by Crippen LogP contribution is -2.30. The number of H-pyrrole nitrogens is 1. The zero-order chi connectivity index (χ0) is 13.8. The molecule has 0 unspecified atom stereocenters. The predicted octanol–water partition coefficient (Wildman–Crippen LogP) is 0.299. The SMILES string of the molecule is Cc1cn(Cc2cc(C#CCO)cs2)c(=O)[nH]c1=O. The van der Waals surface area contributed by atoms with Gasteiger partial charge in [0.05, 0.1) is 6.54 Å². The third-order valence-corrected chi connectivity index (χ3v) is 3.40. The summed E-state index contributed by atoms with van der Waals surface area (Å²) in [5.41, 5.74) is 0.522. The fraction of sp³-hybridized carbons (Fsp3) is 0.231. The molecule has 2 N–H and O–H groups in total. The summed E-state index contributed by atoms with van der Waals surface area (Å²) in [5, 5.41) is 10.5. The van der Waals surface area contributed by atoms with Crippen molar-refractivity contribution in [2.45, 2.75) is 13.5 Å². The van der Waals surface area contributed by atoms with Crippen molar-refractivity contribution in [3.63, 3.8) is 0 Å². The summed E-state index contributed by atoms with van der Waals surface area (Å²) in [7, 11) is 0. The molecule has 0 bridgehead atoms. The molecule has 2 heterocycles. The van der Waals surface area contributed by atoms with E-state index in [4.69, 9.17) is 5.11 Å². The zero-order valence-corrected chi connectivity index (χ0v) is 11.1. The quantitative estimate of drug-likeness (QED) is 0.775. The van der Waals surface area contributed by atoms with Gasteiger partial charge in [-0.25, -0.2) is 4.79 Å². The van der Waals surface area contributed by atoms with E-state index in [1.54, 1.807) is 13.1 Å². The fourth-order valence-electron chi connectivity index (χ4n) is 1.57. The Kier molecular flexibility index (Phi) is 4.00. The van der Waals surface area contributed by atoms with Gasteiger partial charge in [0.1, 0.15) is 6.61 Å². The molecule has 0 fully saturated rings. The number of aliphatic hydroxyl groups excluding tert-OH is 1. The molecule has 5 nitrogen and oxygen atoms in total. The van der Waals surface area contributed by atoms with Crippen LogP contribution in [0.1, 0.15) is 16.0 Å². The van der Waals surface area contributed by atoms with Crippen molar-refractivity contribution < 1.29 is 5.11 Å². The third-order valence-electron chi connectivity index (χ3n) is 2.48. The Morgan fingerprint density at radius 2 is 2.26 bits per heavy atom. The van der Waals surface area contributed by atoms with E-state index in [1.165, 1.54) is 15.9 Å². The number of aromatic amines is 1. The van der Waals surface area contributed by atoms with Gasteiger partial charge in [0, 0.05) is 27.6 Å². The number of rotatable bonds is 2. The van der Waals surface area contributed by atoms with Crippen LogP contribution >= 0.6 is 11.3 Å². The summed E-state index contributed by atoms with van der Waals surface area (Å²) in [6, 6.07) is 1.86. The molecule has 0 saturated carbocycles. The van der Waals surface area contributed by atoms with E-state index < -0.39 is 5.69 Å². The molecule has 2 aromatic rings. The Balaban J connectivity index is 2.27. The highest BCUT2D eigenvalue weighted by molar-refractivity contribution is 7.10. The molecule has 0 radical (unpaired) electrons. The molecule has 98 valence electrons. The van der Waals surface area contributed by atoms with Crippen molar-refractivity contribution in [2.24, 2.45) is 0 Å². The highest BCUT2D eigenvalue weighted by Crippen LogP contribution is 2.14. The van der Waals surface area contributed by atoms with Gasteiger partial charge in [-0.1, -0.05) is 11.8 Å². The molecule has 6 heteroatoms. The number of hydrogen-bond donors (Lipinski definition) is 2. The van der Waals surface area contributed by atoms with Crippen LogP contribution in [0.4, 0.5) is 0 Å². The van der Waals surface area contributed by atoms with Crippen LogP contribution in [0.2, 0.25) is 0 Å². The van der Waals surface area contributed by atoms with E-state index >= 15 is 0 Å². The van der Waals surface area contributed by atoms with Crippen LogP contribution in [0, 0.1) is 18.8 Å². The first-order chi connectivity index (χ1) is 9.10. The van der Waals surface area contributed by atoms with Crippen LogP contribution in [-0.4, -0.2) is 21.3 Å². The second-order valence-electron chi connectivity index (χ2n) is 3.96. The van der Waals surface area contributed by atoms with Crippen molar-refractivity contribution >= 4 is 11.3 Å². The molecule has 19 heavy (non-hydrogen) atoms. The number of aromatic nitrogens is 2. The first-order valence-corrected chi connectivity index (χ1v) is 6.45. The van der Waals surface area contributed by atoms with Crippen LogP contribution < -0.4 is 11.2 Å². The normalized spacial score (nSPS) is 10.0. The molecular formula is C13H12N2O3S. The lowest BCUT2D eigenvalue weighted by atomic mass is 10.3. The molecule has 0 aliphatic rings. The molecule has 0 aliphatic heterocycles. The van der Waals surface area contributed by atoms with Crippen molar-refractivity contribution in [1.29, 1.82) is 0 Å². The summed E-state index contributed by atoms with van der Waals surface area (Å²) >= 11 is 1.48. The van der Waals surface area contributed by atoms with Gasteiger partial charge in [-0.15, -0.1) is 11.3 Å². The van der Waals surface area contributed by atoms with Crippen molar-refractivity contribution in [2.75, 3.05) is 6.61 Å². The van der Waals surface area contributed by atoms with E-state index in [9.17, 15) is 9.59 Å². The van der Waals surface area contributed by atoms with Gasteiger partial charge in [0.25, 0.3) is 5.56 Å². The van der Waals surface area contributed by atoms with Crippen LogP contribution in [-0.2, 0) is 6.54 Å². The molecule has 0 aromatic carbocycles. The van der Waals surface area contributed by atoms with E-state index in [-0.39, 0.29) is 12.2 Å². The van der Waals surface area contributed by atoms with Gasteiger partial charge in [-0.05, 0) is 13.0 Å². The second kappa shape index (κ2) is 5.69. The third kappa shape index (κ3) is 3.22. The van der Waals surface area contributed by atoms with Crippen molar-refractivity contribution in [1.82, 2.24) is 9.55 Å². The standard InChI is InChI=1S/C13H12N2O3S/c1-9-6-15(13(18)14-12(9)17)7-11-5-10(8-19-11)3-2-4-16/h5-6,8,16H,4,7H2,1H3,(H,14,17,18). The van der Waals surface area contributed by atoms with Crippen LogP contribution in [0.25, 0.3) is 0 Å². The monoisotopic (exact) mass is 276 g/mol. The van der Waals surface area contributed by atoms with Crippen molar-refractivity contribution in [3.8, 4) is 11.8 Å². The zero-order valence-electron chi connectivity index (χ0n) is 10.3. The molecule has 0 amide bonds. The first kappa shape index (κ1) is 13.3. The number of aliphatic hydroxyl groups is 1. The maximum Gasteiger partial charge on any atom is 0.328 e. The van der Waals surface area contributed by atoms with E-state index in [1.807, 2.05) is 11.4 Å². The predicted molar refractivity (Wildman–Crippen MR) is 73.4 cm³/mol. The van der Waals surface area contributed by atoms with Crippen molar-refractivity contribution in [3.05, 3.63) is 54.5 Å². The van der Waals surface area contributed by atoms with Crippen LogP contribution in [0.5, 0.6) is 0 Å². The van der Waals surface area contributed by atoms with Gasteiger partial charge < -0.3 is 5.11 Å². The summed E-state index contributed by atoms with van der Waals surface area (Å²) in [4.78, 5) is 26.1. The lowest BCUT2D eigenvalue weighted by Gasteiger charge is -2.03. The minimum atomic E-state index is -0.424. The molecule has 0 aliphatic carbocycles. The van der Waals surface area contributed by atoms with Gasteiger partial charge in [0.2, 0.25) is 0 Å². The smallest absolute Gasteiger partial charge is 0.328 e. The Hall–Kier alpha value is -2.10. The topological polar surface area (TPSA) is 75.1 Å². The summed E-state index contributed by atoms with van der Waals surface area (Å²) < 4.78 is 1.45. The average molecular weight is 276 g/mol. The number of aryl methyl sites for hydroxylation is 1. The fourth-order valence-corrected chi connectivity index (χ4v) is 2.39. The van der Waals surface area contributed by atoms with Gasteiger partial charge in [0.15, 0.2) is 0 Å². The van der Waals surface area contributed by atoms with Crippen LogP contribution in [0.15, 0.2) is 27.2 Å². The maximum absolute atomic E-state index is 11.6. The Labute approximate surface area is 113 Å². The van der Waals surface area contributed by atoms with Crippen LogP contribution in [0.3, 0.4) is 0 Å². The van der Waals surface area contributed by atoms with Gasteiger partial charge in [-0.2, -0.15) is 0 Å². The summed E-state index contributed by atoms with van der Waals surface area (Å²) in [6.07, 6.45) is 1.54. The average Bonchev–Trinajstić information content (AvgIpc) is 2.81. The number of hydrogen-bond acceptors (Lipinski definition) is 4. The molecule has 0 saturated heterocycles. The minimum Gasteiger partial charge on any atom is -0.384 e. The minimum absolute atomic E-state index is 0.177. The number of nitrogens with zero attached hydrogens (tertiary/aromatic N) is 1. The molecule has 0 spiro atoms. The first-order valence-electron chi connectivity index (χ1n) is 5.57.